The van der Waals surface area contributed by atoms with Crippen LogP contribution in [0.2, 0.25) is 0 Å². The monoisotopic (exact) mass is 249 g/mol. The zero-order valence-corrected chi connectivity index (χ0v) is 10.2. The molecule has 3 rings (SSSR count). The van der Waals surface area contributed by atoms with Crippen LogP contribution in [0.25, 0.3) is 0 Å². The lowest BCUT2D eigenvalue weighted by molar-refractivity contribution is 0.0479. The Morgan fingerprint density at radius 1 is 1.50 bits per heavy atom. The number of hydrogen-bond donors (Lipinski definition) is 0. The number of carbonyl (C=O) groups excluding carboxylic acids is 1. The van der Waals surface area contributed by atoms with E-state index in [-0.39, 0.29) is 24.0 Å². The van der Waals surface area contributed by atoms with Gasteiger partial charge in [-0.3, -0.25) is 4.79 Å². The standard InChI is InChI=1S/C12H15N3O3/c1-17-11-5-15(10-7-18-6-9(10)11)12(16)8-2-3-13-14-4-8/h2-4,9-11H,5-7H2,1H3/t9-,10+,11-/m0/s1. The second-order valence-electron chi connectivity index (χ2n) is 4.63. The van der Waals surface area contributed by atoms with E-state index in [0.29, 0.717) is 25.3 Å². The maximum atomic E-state index is 12.4. The van der Waals surface area contributed by atoms with E-state index in [1.165, 1.54) is 12.4 Å². The predicted molar refractivity (Wildman–Crippen MR) is 62.0 cm³/mol. The third kappa shape index (κ3) is 1.77. The first-order chi connectivity index (χ1) is 8.81. The van der Waals surface area contributed by atoms with Crippen LogP contribution in [0.3, 0.4) is 0 Å². The molecule has 0 aliphatic carbocycles. The van der Waals surface area contributed by atoms with E-state index in [1.807, 2.05) is 4.90 Å². The summed E-state index contributed by atoms with van der Waals surface area (Å²) in [6.45, 7) is 1.88. The molecule has 1 aromatic rings. The van der Waals surface area contributed by atoms with Gasteiger partial charge in [-0.15, -0.1) is 0 Å². The average molecular weight is 249 g/mol. The summed E-state index contributed by atoms with van der Waals surface area (Å²) in [6.07, 6.45) is 3.09. The van der Waals surface area contributed by atoms with Gasteiger partial charge < -0.3 is 14.4 Å². The molecule has 2 aliphatic heterocycles. The van der Waals surface area contributed by atoms with Crippen molar-refractivity contribution in [2.45, 2.75) is 12.1 Å². The molecule has 0 N–H and O–H groups in total. The predicted octanol–water partition coefficient (Wildman–Crippen LogP) is -0.0376. The minimum Gasteiger partial charge on any atom is -0.379 e. The molecule has 2 fully saturated rings. The summed E-state index contributed by atoms with van der Waals surface area (Å²) in [6, 6.07) is 1.80. The maximum Gasteiger partial charge on any atom is 0.255 e. The Morgan fingerprint density at radius 2 is 2.39 bits per heavy atom. The summed E-state index contributed by atoms with van der Waals surface area (Å²) in [4.78, 5) is 14.2. The van der Waals surface area contributed by atoms with Crippen LogP contribution in [-0.2, 0) is 9.47 Å². The molecule has 2 aliphatic rings. The molecular weight excluding hydrogens is 234 g/mol. The first kappa shape index (κ1) is 11.6. The van der Waals surface area contributed by atoms with Gasteiger partial charge in [-0.05, 0) is 6.07 Å². The Hall–Kier alpha value is -1.53. The number of nitrogens with zero attached hydrogens (tertiary/aromatic N) is 3. The SMILES string of the molecule is CO[C@H]1CN(C(=O)c2ccnnc2)[C@@H]2COC[C@H]12. The third-order valence-electron chi connectivity index (χ3n) is 3.74. The van der Waals surface area contributed by atoms with E-state index in [0.717, 1.165) is 0 Å². The van der Waals surface area contributed by atoms with Gasteiger partial charge in [-0.25, -0.2) is 0 Å². The van der Waals surface area contributed by atoms with Crippen LogP contribution in [0.15, 0.2) is 18.5 Å². The van der Waals surface area contributed by atoms with Gasteiger partial charge in [-0.2, -0.15) is 10.2 Å². The molecule has 1 aromatic heterocycles. The molecule has 3 heterocycles. The minimum atomic E-state index is -0.0232. The Kier molecular flexibility index (Phi) is 2.97. The van der Waals surface area contributed by atoms with Gasteiger partial charge in [0.15, 0.2) is 0 Å². The van der Waals surface area contributed by atoms with Crippen LogP contribution in [0.1, 0.15) is 10.4 Å². The maximum absolute atomic E-state index is 12.4. The van der Waals surface area contributed by atoms with Crippen molar-refractivity contribution in [2.75, 3.05) is 26.9 Å². The molecule has 0 aromatic carbocycles. The van der Waals surface area contributed by atoms with Crippen LogP contribution >= 0.6 is 0 Å². The topological polar surface area (TPSA) is 64.5 Å². The van der Waals surface area contributed by atoms with Crippen molar-refractivity contribution in [3.8, 4) is 0 Å². The zero-order valence-electron chi connectivity index (χ0n) is 10.2. The second kappa shape index (κ2) is 4.62. The lowest BCUT2D eigenvalue weighted by Gasteiger charge is -2.22. The number of amides is 1. The molecule has 0 unspecified atom stereocenters. The van der Waals surface area contributed by atoms with Crippen molar-refractivity contribution in [3.63, 3.8) is 0 Å². The van der Waals surface area contributed by atoms with E-state index in [2.05, 4.69) is 10.2 Å². The van der Waals surface area contributed by atoms with Crippen molar-refractivity contribution >= 4 is 5.91 Å². The van der Waals surface area contributed by atoms with Gasteiger partial charge in [-0.1, -0.05) is 0 Å². The van der Waals surface area contributed by atoms with E-state index < -0.39 is 0 Å². The third-order valence-corrected chi connectivity index (χ3v) is 3.74. The Balaban J connectivity index is 1.82. The fourth-order valence-electron chi connectivity index (χ4n) is 2.77. The highest BCUT2D eigenvalue weighted by Crippen LogP contribution is 2.32. The highest BCUT2D eigenvalue weighted by atomic mass is 16.5. The molecule has 18 heavy (non-hydrogen) atoms. The number of aromatic nitrogens is 2. The van der Waals surface area contributed by atoms with Crippen molar-refractivity contribution in [1.82, 2.24) is 15.1 Å². The highest BCUT2D eigenvalue weighted by Gasteiger charge is 2.47. The summed E-state index contributed by atoms with van der Waals surface area (Å²) in [5.41, 5.74) is 0.562. The number of ether oxygens (including phenoxy) is 2. The molecule has 0 radical (unpaired) electrons. The normalized spacial score (nSPS) is 30.5. The molecule has 0 spiro atoms. The lowest BCUT2D eigenvalue weighted by atomic mass is 10.0. The highest BCUT2D eigenvalue weighted by molar-refractivity contribution is 5.94. The van der Waals surface area contributed by atoms with Crippen molar-refractivity contribution in [2.24, 2.45) is 5.92 Å². The van der Waals surface area contributed by atoms with E-state index in [9.17, 15) is 4.79 Å². The van der Waals surface area contributed by atoms with Crippen molar-refractivity contribution in [1.29, 1.82) is 0 Å². The fourth-order valence-corrected chi connectivity index (χ4v) is 2.77. The molecule has 96 valence electrons. The molecule has 2 saturated heterocycles. The van der Waals surface area contributed by atoms with E-state index >= 15 is 0 Å². The molecule has 1 amide bonds. The van der Waals surface area contributed by atoms with Gasteiger partial charge >= 0.3 is 0 Å². The summed E-state index contributed by atoms with van der Waals surface area (Å²) < 4.78 is 10.9. The summed E-state index contributed by atoms with van der Waals surface area (Å²) >= 11 is 0. The van der Waals surface area contributed by atoms with E-state index in [1.54, 1.807) is 13.2 Å². The first-order valence-electron chi connectivity index (χ1n) is 5.99. The number of methoxy groups -OCH3 is 1. The molecule has 0 bridgehead atoms. The van der Waals surface area contributed by atoms with Gasteiger partial charge in [0.25, 0.3) is 5.91 Å². The molecule has 6 heteroatoms. The fraction of sp³-hybridized carbons (Fsp3) is 0.583. The number of likely N-dealkylation sites (tertiary alicyclic amines) is 1. The molecule has 6 nitrogen and oxygen atoms in total. The van der Waals surface area contributed by atoms with Crippen LogP contribution in [0, 0.1) is 5.92 Å². The van der Waals surface area contributed by atoms with Crippen LogP contribution in [0.5, 0.6) is 0 Å². The zero-order chi connectivity index (χ0) is 12.5. The van der Waals surface area contributed by atoms with Gasteiger partial charge in [0, 0.05) is 19.6 Å². The lowest BCUT2D eigenvalue weighted by Crippen LogP contribution is -2.38. The van der Waals surface area contributed by atoms with Crippen molar-refractivity contribution < 1.29 is 14.3 Å². The Morgan fingerprint density at radius 3 is 3.11 bits per heavy atom. The Labute approximate surface area is 105 Å². The number of hydrogen-bond acceptors (Lipinski definition) is 5. The minimum absolute atomic E-state index is 0.0232. The second-order valence-corrected chi connectivity index (χ2v) is 4.63. The summed E-state index contributed by atoms with van der Waals surface area (Å²) in [5, 5.41) is 7.42. The van der Waals surface area contributed by atoms with Gasteiger partial charge in [0.05, 0.1) is 43.3 Å². The number of fused-ring (bicyclic) bond motifs is 1. The summed E-state index contributed by atoms with van der Waals surface area (Å²) in [5.74, 6) is 0.263. The smallest absolute Gasteiger partial charge is 0.255 e. The van der Waals surface area contributed by atoms with Gasteiger partial charge in [0.1, 0.15) is 0 Å². The van der Waals surface area contributed by atoms with Gasteiger partial charge in [0.2, 0.25) is 0 Å². The molecular formula is C12H15N3O3. The van der Waals surface area contributed by atoms with Crippen LogP contribution < -0.4 is 0 Å². The Bertz CT molecular complexity index is 439. The van der Waals surface area contributed by atoms with E-state index in [4.69, 9.17) is 9.47 Å². The average Bonchev–Trinajstić information content (AvgIpc) is 3.00. The van der Waals surface area contributed by atoms with Crippen molar-refractivity contribution in [3.05, 3.63) is 24.0 Å². The van der Waals surface area contributed by atoms with Crippen LogP contribution in [-0.4, -0.2) is 60.0 Å². The summed E-state index contributed by atoms with van der Waals surface area (Å²) in [7, 11) is 1.68. The van der Waals surface area contributed by atoms with Crippen LogP contribution in [0.4, 0.5) is 0 Å². The molecule has 3 atom stereocenters. The first-order valence-corrected chi connectivity index (χ1v) is 5.99. The molecule has 0 saturated carbocycles. The largest absolute Gasteiger partial charge is 0.379 e. The number of carbonyl (C=O) groups is 1. The number of rotatable bonds is 2. The quantitative estimate of drug-likeness (QED) is 0.736.